The highest BCUT2D eigenvalue weighted by atomic mass is 79.9. The number of hydrogen-bond donors (Lipinski definition) is 1. The fourth-order valence-electron chi connectivity index (χ4n) is 1.88. The van der Waals surface area contributed by atoms with Gasteiger partial charge in [-0.25, -0.2) is 4.39 Å². The van der Waals surface area contributed by atoms with E-state index in [4.69, 9.17) is 16.3 Å². The summed E-state index contributed by atoms with van der Waals surface area (Å²) in [6.45, 7) is 2.18. The van der Waals surface area contributed by atoms with Crippen molar-refractivity contribution in [2.45, 2.75) is 19.6 Å². The lowest BCUT2D eigenvalue weighted by molar-refractivity contribution is 0.300. The van der Waals surface area contributed by atoms with Crippen molar-refractivity contribution in [3.05, 3.63) is 62.8 Å². The smallest absolute Gasteiger partial charge is 0.138 e. The Kier molecular flexibility index (Phi) is 5.62. The Bertz CT molecular complexity index is 636. The van der Waals surface area contributed by atoms with Crippen LogP contribution >= 0.6 is 27.5 Å². The van der Waals surface area contributed by atoms with Crippen LogP contribution in [0.3, 0.4) is 0 Å². The first-order chi connectivity index (χ1) is 10.0. The van der Waals surface area contributed by atoms with E-state index in [1.165, 1.54) is 6.07 Å². The Morgan fingerprint density at radius 1 is 1.29 bits per heavy atom. The first-order valence-electron chi connectivity index (χ1n) is 6.54. The van der Waals surface area contributed by atoms with Gasteiger partial charge in [-0.1, -0.05) is 33.6 Å². The maximum absolute atomic E-state index is 13.6. The quantitative estimate of drug-likeness (QED) is 0.788. The zero-order valence-corrected chi connectivity index (χ0v) is 14.1. The van der Waals surface area contributed by atoms with Gasteiger partial charge in [-0.05, 0) is 49.9 Å². The minimum absolute atomic E-state index is 0.131. The van der Waals surface area contributed by atoms with Gasteiger partial charge < -0.3 is 10.1 Å². The molecular weight excluding hydrogens is 357 g/mol. The summed E-state index contributed by atoms with van der Waals surface area (Å²) >= 11 is 9.53. The summed E-state index contributed by atoms with van der Waals surface area (Å²) in [4.78, 5) is 0. The van der Waals surface area contributed by atoms with E-state index in [-0.39, 0.29) is 18.5 Å². The van der Waals surface area contributed by atoms with Crippen LogP contribution in [-0.2, 0) is 6.61 Å². The van der Waals surface area contributed by atoms with E-state index in [0.29, 0.717) is 16.3 Å². The molecule has 0 aliphatic heterocycles. The summed E-state index contributed by atoms with van der Waals surface area (Å²) in [7, 11) is 1.89. The zero-order valence-electron chi connectivity index (χ0n) is 11.8. The van der Waals surface area contributed by atoms with Crippen molar-refractivity contribution in [3.63, 3.8) is 0 Å². The van der Waals surface area contributed by atoms with Gasteiger partial charge in [-0.15, -0.1) is 0 Å². The summed E-state index contributed by atoms with van der Waals surface area (Å²) in [6, 6.07) is 10.6. The molecule has 2 aromatic carbocycles. The van der Waals surface area contributed by atoms with Crippen molar-refractivity contribution in [2.75, 3.05) is 7.05 Å². The van der Waals surface area contributed by atoms with Gasteiger partial charge in [0.2, 0.25) is 0 Å². The van der Waals surface area contributed by atoms with Gasteiger partial charge in [0.25, 0.3) is 0 Å². The van der Waals surface area contributed by atoms with Gasteiger partial charge in [0, 0.05) is 16.1 Å². The first kappa shape index (κ1) is 16.3. The predicted molar refractivity (Wildman–Crippen MR) is 87.4 cm³/mol. The average Bonchev–Trinajstić information content (AvgIpc) is 2.48. The molecule has 0 fully saturated rings. The fourth-order valence-corrected chi connectivity index (χ4v) is 2.53. The van der Waals surface area contributed by atoms with Crippen LogP contribution < -0.4 is 10.1 Å². The molecule has 1 atom stereocenters. The minimum Gasteiger partial charge on any atom is -0.487 e. The number of nitrogens with one attached hydrogen (secondary N) is 1. The van der Waals surface area contributed by atoms with E-state index in [1.54, 1.807) is 18.2 Å². The van der Waals surface area contributed by atoms with Gasteiger partial charge in [-0.2, -0.15) is 0 Å². The van der Waals surface area contributed by atoms with Crippen LogP contribution in [0.2, 0.25) is 5.02 Å². The third kappa shape index (κ3) is 4.19. The third-order valence-corrected chi connectivity index (χ3v) is 4.07. The van der Waals surface area contributed by atoms with E-state index in [0.717, 1.165) is 10.0 Å². The summed E-state index contributed by atoms with van der Waals surface area (Å²) in [6.07, 6.45) is 0. The topological polar surface area (TPSA) is 21.3 Å². The van der Waals surface area contributed by atoms with Crippen molar-refractivity contribution >= 4 is 27.5 Å². The maximum atomic E-state index is 13.6. The molecular formula is C16H16BrClFNO. The number of benzene rings is 2. The molecule has 0 spiro atoms. The van der Waals surface area contributed by atoms with E-state index >= 15 is 0 Å². The van der Waals surface area contributed by atoms with Crippen LogP contribution in [0.4, 0.5) is 4.39 Å². The van der Waals surface area contributed by atoms with Crippen LogP contribution in [0.15, 0.2) is 40.9 Å². The van der Waals surface area contributed by atoms with Crippen molar-refractivity contribution in [1.29, 1.82) is 0 Å². The SMILES string of the molecule is CNC(C)c1ccc(OCc2cc(Br)ccc2F)c(Cl)c1. The highest BCUT2D eigenvalue weighted by molar-refractivity contribution is 9.10. The standard InChI is InChI=1S/C16H16BrClFNO/c1-10(20-2)11-3-6-16(14(18)8-11)21-9-12-7-13(17)4-5-15(12)19/h3-8,10,20H,9H2,1-2H3. The minimum atomic E-state index is -0.297. The van der Waals surface area contributed by atoms with E-state index in [1.807, 2.05) is 26.1 Å². The molecule has 2 rings (SSSR count). The molecule has 0 saturated carbocycles. The predicted octanol–water partition coefficient (Wildman–Crippen LogP) is 5.10. The van der Waals surface area contributed by atoms with Crippen LogP contribution in [0.1, 0.15) is 24.1 Å². The number of halogens is 3. The Hall–Kier alpha value is -1.10. The summed E-state index contributed by atoms with van der Waals surface area (Å²) in [5, 5.41) is 3.66. The van der Waals surface area contributed by atoms with Crippen LogP contribution in [0, 0.1) is 5.82 Å². The molecule has 0 aliphatic rings. The van der Waals surface area contributed by atoms with E-state index in [9.17, 15) is 4.39 Å². The third-order valence-electron chi connectivity index (χ3n) is 3.28. The van der Waals surface area contributed by atoms with Gasteiger partial charge in [0.15, 0.2) is 0 Å². The second-order valence-electron chi connectivity index (χ2n) is 4.72. The van der Waals surface area contributed by atoms with Gasteiger partial charge in [0.05, 0.1) is 5.02 Å². The Labute approximate surface area is 137 Å². The van der Waals surface area contributed by atoms with E-state index in [2.05, 4.69) is 21.2 Å². The molecule has 0 aliphatic carbocycles. The van der Waals surface area contributed by atoms with Crippen LogP contribution in [0.25, 0.3) is 0 Å². The molecule has 0 bridgehead atoms. The molecule has 5 heteroatoms. The zero-order chi connectivity index (χ0) is 15.4. The number of rotatable bonds is 5. The molecule has 0 amide bonds. The van der Waals surface area contributed by atoms with Crippen molar-refractivity contribution < 1.29 is 9.13 Å². The lowest BCUT2D eigenvalue weighted by Gasteiger charge is -2.14. The Morgan fingerprint density at radius 2 is 2.05 bits per heavy atom. The van der Waals surface area contributed by atoms with Crippen LogP contribution in [-0.4, -0.2) is 7.05 Å². The second-order valence-corrected chi connectivity index (χ2v) is 6.05. The van der Waals surface area contributed by atoms with Crippen molar-refractivity contribution in [2.24, 2.45) is 0 Å². The van der Waals surface area contributed by atoms with Crippen LogP contribution in [0.5, 0.6) is 5.75 Å². The van der Waals surface area contributed by atoms with Gasteiger partial charge in [0.1, 0.15) is 18.2 Å². The van der Waals surface area contributed by atoms with Gasteiger partial charge in [-0.3, -0.25) is 0 Å². The number of hydrogen-bond acceptors (Lipinski definition) is 2. The largest absolute Gasteiger partial charge is 0.487 e. The maximum Gasteiger partial charge on any atom is 0.138 e. The molecule has 1 unspecified atom stereocenters. The average molecular weight is 373 g/mol. The normalized spacial score (nSPS) is 12.2. The molecule has 0 aromatic heterocycles. The molecule has 112 valence electrons. The highest BCUT2D eigenvalue weighted by Gasteiger charge is 2.09. The Morgan fingerprint density at radius 3 is 2.71 bits per heavy atom. The lowest BCUT2D eigenvalue weighted by atomic mass is 10.1. The molecule has 0 saturated heterocycles. The molecule has 1 N–H and O–H groups in total. The van der Waals surface area contributed by atoms with Gasteiger partial charge >= 0.3 is 0 Å². The molecule has 0 heterocycles. The van der Waals surface area contributed by atoms with Crippen molar-refractivity contribution in [1.82, 2.24) is 5.32 Å². The molecule has 21 heavy (non-hydrogen) atoms. The highest BCUT2D eigenvalue weighted by Crippen LogP contribution is 2.29. The molecule has 2 nitrogen and oxygen atoms in total. The fraction of sp³-hybridized carbons (Fsp3) is 0.250. The molecule has 0 radical (unpaired) electrons. The summed E-state index contributed by atoms with van der Waals surface area (Å²) in [5.41, 5.74) is 1.55. The first-order valence-corrected chi connectivity index (χ1v) is 7.72. The molecule has 2 aromatic rings. The van der Waals surface area contributed by atoms with Crippen molar-refractivity contribution in [3.8, 4) is 5.75 Å². The van der Waals surface area contributed by atoms with E-state index < -0.39 is 0 Å². The lowest BCUT2D eigenvalue weighted by Crippen LogP contribution is -2.12. The Balaban J connectivity index is 2.11. The summed E-state index contributed by atoms with van der Waals surface area (Å²) < 4.78 is 20.1. The second kappa shape index (κ2) is 7.25. The number of ether oxygens (including phenoxy) is 1. The monoisotopic (exact) mass is 371 g/mol. The summed E-state index contributed by atoms with van der Waals surface area (Å²) in [5.74, 6) is 0.248.